The summed E-state index contributed by atoms with van der Waals surface area (Å²) in [5, 5.41) is 12.6. The highest BCUT2D eigenvalue weighted by molar-refractivity contribution is 7.89. The van der Waals surface area contributed by atoms with Gasteiger partial charge in [-0.3, -0.25) is 9.52 Å². The summed E-state index contributed by atoms with van der Waals surface area (Å²) in [6.45, 7) is 7.61. The maximum Gasteiger partial charge on any atom is 0.265 e. The lowest BCUT2D eigenvalue weighted by molar-refractivity contribution is -0.117. The van der Waals surface area contributed by atoms with Crippen molar-refractivity contribution in [3.8, 4) is 11.5 Å². The van der Waals surface area contributed by atoms with Crippen LogP contribution < -0.4 is 14.8 Å². The lowest BCUT2D eigenvalue weighted by atomic mass is 10.2. The number of hydrogen-bond donors (Lipinski definition) is 3. The van der Waals surface area contributed by atoms with Crippen LogP contribution in [-0.4, -0.2) is 33.1 Å². The van der Waals surface area contributed by atoms with E-state index in [9.17, 15) is 18.3 Å². The van der Waals surface area contributed by atoms with Crippen molar-refractivity contribution in [2.75, 3.05) is 13.7 Å². The molecule has 1 rings (SSSR count). The first-order valence-electron chi connectivity index (χ1n) is 7.97. The molecule has 0 radical (unpaired) electrons. The van der Waals surface area contributed by atoms with Crippen molar-refractivity contribution in [1.82, 2.24) is 10.0 Å². The molecule has 0 spiro atoms. The van der Waals surface area contributed by atoms with Crippen LogP contribution in [0.25, 0.3) is 0 Å². The van der Waals surface area contributed by atoms with Crippen molar-refractivity contribution < 1.29 is 23.1 Å². The van der Waals surface area contributed by atoms with E-state index in [1.807, 2.05) is 6.92 Å². The minimum absolute atomic E-state index is 0.161. The Hall–Kier alpha value is -2.74. The van der Waals surface area contributed by atoms with E-state index in [-0.39, 0.29) is 27.8 Å². The van der Waals surface area contributed by atoms with Crippen LogP contribution in [0.5, 0.6) is 11.5 Å². The summed E-state index contributed by atoms with van der Waals surface area (Å²) in [4.78, 5) is 11.7. The molecule has 0 bridgehead atoms. The molecular formula is C18H24N2O5S. The number of methoxy groups -OCH3 is 1. The van der Waals surface area contributed by atoms with Gasteiger partial charge in [0.2, 0.25) is 0 Å². The summed E-state index contributed by atoms with van der Waals surface area (Å²) in [7, 11) is -2.70. The Labute approximate surface area is 154 Å². The third kappa shape index (κ3) is 5.66. The number of phenols is 1. The molecule has 0 saturated carbocycles. The molecule has 0 aromatic heterocycles. The van der Waals surface area contributed by atoms with Gasteiger partial charge < -0.3 is 15.2 Å². The Morgan fingerprint density at radius 2 is 2.08 bits per heavy atom. The molecule has 0 fully saturated rings. The smallest absolute Gasteiger partial charge is 0.265 e. The van der Waals surface area contributed by atoms with E-state index in [1.54, 1.807) is 6.92 Å². The summed E-state index contributed by atoms with van der Waals surface area (Å²) < 4.78 is 32.5. The van der Waals surface area contributed by atoms with E-state index in [1.165, 1.54) is 43.5 Å². The average Bonchev–Trinajstić information content (AvgIpc) is 2.63. The van der Waals surface area contributed by atoms with E-state index >= 15 is 0 Å². The lowest BCUT2D eigenvalue weighted by Crippen LogP contribution is -2.26. The largest absolute Gasteiger partial charge is 0.507 e. The van der Waals surface area contributed by atoms with Gasteiger partial charge in [-0.1, -0.05) is 25.7 Å². The number of carbonyl (C=O) groups is 1. The molecule has 0 aliphatic carbocycles. The molecule has 0 unspecified atom stereocenters. The van der Waals surface area contributed by atoms with Gasteiger partial charge in [-0.05, 0) is 31.6 Å². The van der Waals surface area contributed by atoms with Gasteiger partial charge >= 0.3 is 0 Å². The van der Waals surface area contributed by atoms with Gasteiger partial charge in [0.25, 0.3) is 15.9 Å². The van der Waals surface area contributed by atoms with Crippen molar-refractivity contribution >= 4 is 15.9 Å². The highest BCUT2D eigenvalue weighted by Crippen LogP contribution is 2.27. The maximum absolute atomic E-state index is 12.6. The molecule has 1 aromatic carbocycles. The zero-order valence-corrected chi connectivity index (χ0v) is 15.9. The zero-order valence-electron chi connectivity index (χ0n) is 15.1. The second kappa shape index (κ2) is 9.67. The molecule has 0 aliphatic rings. The van der Waals surface area contributed by atoms with Crippen molar-refractivity contribution in [3.63, 3.8) is 0 Å². The number of sulfonamides is 1. The maximum atomic E-state index is 12.6. The standard InChI is InChI=1S/C18H24N2O5S/c1-5-10-19-18(22)13(6-2)11-14(7-3)20-26(23,24)17-12-15(25-4)8-9-16(17)21/h6-9,11-12,20-21H,2,5,10H2,1,3-4H3,(H,19,22)/b13-11+,14-7+. The Kier molecular flexibility index (Phi) is 7.92. The minimum atomic E-state index is -4.09. The molecule has 0 atom stereocenters. The Morgan fingerprint density at radius 3 is 2.62 bits per heavy atom. The van der Waals surface area contributed by atoms with E-state index in [2.05, 4.69) is 16.6 Å². The predicted octanol–water partition coefficient (Wildman–Crippen LogP) is 2.22. The van der Waals surface area contributed by atoms with Crippen LogP contribution in [0.3, 0.4) is 0 Å². The molecule has 26 heavy (non-hydrogen) atoms. The van der Waals surface area contributed by atoms with E-state index in [0.29, 0.717) is 6.54 Å². The monoisotopic (exact) mass is 380 g/mol. The summed E-state index contributed by atoms with van der Waals surface area (Å²) in [5.41, 5.74) is 0.373. The van der Waals surface area contributed by atoms with E-state index in [0.717, 1.165) is 6.42 Å². The number of nitrogens with one attached hydrogen (secondary N) is 2. The number of phenolic OH excluding ortho intramolecular Hbond substituents is 1. The van der Waals surface area contributed by atoms with Crippen molar-refractivity contribution in [2.24, 2.45) is 0 Å². The molecule has 0 aliphatic heterocycles. The Balaban J connectivity index is 3.15. The summed E-state index contributed by atoms with van der Waals surface area (Å²) >= 11 is 0. The summed E-state index contributed by atoms with van der Waals surface area (Å²) in [6, 6.07) is 3.88. The molecule has 3 N–H and O–H groups in total. The molecule has 142 valence electrons. The number of hydrogen-bond acceptors (Lipinski definition) is 5. The van der Waals surface area contributed by atoms with Gasteiger partial charge in [0, 0.05) is 23.9 Å². The highest BCUT2D eigenvalue weighted by Gasteiger charge is 2.20. The van der Waals surface area contributed by atoms with Crippen molar-refractivity contribution in [1.29, 1.82) is 0 Å². The fraction of sp³-hybridized carbons (Fsp3) is 0.278. The fourth-order valence-electron chi connectivity index (χ4n) is 1.94. The molecular weight excluding hydrogens is 356 g/mol. The van der Waals surface area contributed by atoms with Gasteiger partial charge in [0.1, 0.15) is 16.4 Å². The molecule has 7 nitrogen and oxygen atoms in total. The molecule has 1 amide bonds. The molecule has 0 heterocycles. The summed E-state index contributed by atoms with van der Waals surface area (Å²) in [5.74, 6) is -0.488. The van der Waals surface area contributed by atoms with Crippen molar-refractivity contribution in [2.45, 2.75) is 25.2 Å². The third-order valence-corrected chi connectivity index (χ3v) is 4.76. The minimum Gasteiger partial charge on any atom is -0.507 e. The molecule has 8 heteroatoms. The quantitative estimate of drug-likeness (QED) is 0.450. The normalized spacial score (nSPS) is 12.4. The second-order valence-corrected chi connectivity index (χ2v) is 6.89. The van der Waals surface area contributed by atoms with Crippen LogP contribution in [0.15, 0.2) is 59.2 Å². The van der Waals surface area contributed by atoms with Crippen LogP contribution in [0.1, 0.15) is 20.3 Å². The van der Waals surface area contributed by atoms with Gasteiger partial charge in [0.15, 0.2) is 0 Å². The second-order valence-electron chi connectivity index (χ2n) is 5.24. The van der Waals surface area contributed by atoms with Crippen molar-refractivity contribution in [3.05, 3.63) is 54.3 Å². The first-order chi connectivity index (χ1) is 12.3. The van der Waals surface area contributed by atoms with Gasteiger partial charge in [0.05, 0.1) is 7.11 Å². The summed E-state index contributed by atoms with van der Waals surface area (Å²) in [6.07, 6.45) is 4.97. The van der Waals surface area contributed by atoms with Crippen LogP contribution in [0, 0.1) is 0 Å². The SMILES string of the molecule is C=C/C(=C\C(=C/C)NS(=O)(=O)c1cc(OC)ccc1O)C(=O)NCCC. The number of aromatic hydroxyl groups is 1. The first-order valence-corrected chi connectivity index (χ1v) is 9.45. The van der Waals surface area contributed by atoms with Gasteiger partial charge in [-0.15, -0.1) is 0 Å². The van der Waals surface area contributed by atoms with Gasteiger partial charge in [-0.25, -0.2) is 8.42 Å². The third-order valence-electron chi connectivity index (χ3n) is 3.35. The number of ether oxygens (including phenoxy) is 1. The number of benzene rings is 1. The fourth-order valence-corrected chi connectivity index (χ4v) is 3.16. The van der Waals surface area contributed by atoms with Crippen LogP contribution in [0.2, 0.25) is 0 Å². The number of rotatable bonds is 9. The Morgan fingerprint density at radius 1 is 1.38 bits per heavy atom. The van der Waals surface area contributed by atoms with Gasteiger partial charge in [-0.2, -0.15) is 0 Å². The van der Waals surface area contributed by atoms with E-state index in [4.69, 9.17) is 4.74 Å². The number of amides is 1. The number of carbonyl (C=O) groups excluding carboxylic acids is 1. The lowest BCUT2D eigenvalue weighted by Gasteiger charge is -2.12. The Bertz CT molecular complexity index is 826. The number of allylic oxidation sites excluding steroid dienone is 2. The van der Waals surface area contributed by atoms with Crippen LogP contribution >= 0.6 is 0 Å². The average molecular weight is 380 g/mol. The highest BCUT2D eigenvalue weighted by atomic mass is 32.2. The zero-order chi connectivity index (χ0) is 19.7. The first kappa shape index (κ1) is 21.3. The predicted molar refractivity (Wildman–Crippen MR) is 100 cm³/mol. The molecule has 1 aromatic rings. The topological polar surface area (TPSA) is 105 Å². The van der Waals surface area contributed by atoms with Crippen LogP contribution in [-0.2, 0) is 14.8 Å². The van der Waals surface area contributed by atoms with E-state index < -0.39 is 15.8 Å². The van der Waals surface area contributed by atoms with Crippen LogP contribution in [0.4, 0.5) is 0 Å². The molecule has 0 saturated heterocycles.